The average Bonchev–Trinajstić information content (AvgIpc) is 2.64. The predicted octanol–water partition coefficient (Wildman–Crippen LogP) is 3.35. The normalized spacial score (nSPS) is 22.5. The molecule has 0 spiro atoms. The van der Waals surface area contributed by atoms with Crippen LogP contribution in [-0.2, 0) is 0 Å². The molecular formula is C16H24F2N2. The van der Waals surface area contributed by atoms with Crippen molar-refractivity contribution < 1.29 is 8.78 Å². The third-order valence-electron chi connectivity index (χ3n) is 4.26. The van der Waals surface area contributed by atoms with E-state index in [1.807, 2.05) is 0 Å². The van der Waals surface area contributed by atoms with E-state index in [4.69, 9.17) is 0 Å². The highest BCUT2D eigenvalue weighted by atomic mass is 19.2. The minimum Gasteiger partial charge on any atom is -0.312 e. The number of likely N-dealkylation sites (N-methyl/N-ethyl adjacent to an activating group) is 1. The maximum Gasteiger partial charge on any atom is 0.163 e. The maximum atomic E-state index is 13.9. The van der Waals surface area contributed by atoms with Gasteiger partial charge in [0.15, 0.2) is 11.6 Å². The Morgan fingerprint density at radius 3 is 2.85 bits per heavy atom. The van der Waals surface area contributed by atoms with Crippen LogP contribution < -0.4 is 5.32 Å². The van der Waals surface area contributed by atoms with E-state index >= 15 is 0 Å². The van der Waals surface area contributed by atoms with Crippen LogP contribution >= 0.6 is 0 Å². The van der Waals surface area contributed by atoms with Gasteiger partial charge in [-0.25, -0.2) is 8.78 Å². The molecule has 0 radical (unpaired) electrons. The second-order valence-electron chi connectivity index (χ2n) is 5.82. The fourth-order valence-electron chi connectivity index (χ4n) is 2.90. The topological polar surface area (TPSA) is 15.3 Å². The Labute approximate surface area is 120 Å². The Balaban J connectivity index is 2.06. The van der Waals surface area contributed by atoms with Crippen LogP contribution in [0.5, 0.6) is 0 Å². The van der Waals surface area contributed by atoms with Crippen molar-refractivity contribution in [2.75, 3.05) is 26.7 Å². The second kappa shape index (κ2) is 7.14. The summed E-state index contributed by atoms with van der Waals surface area (Å²) in [5.74, 6) is -0.735. The molecule has 1 aromatic rings. The Morgan fingerprint density at radius 1 is 1.30 bits per heavy atom. The smallest absolute Gasteiger partial charge is 0.163 e. The Bertz CT molecular complexity index is 436. The SMILES string of the molecule is CNC(CN1CCCC(C)CC1)c1cccc(F)c1F. The van der Waals surface area contributed by atoms with E-state index in [0.717, 1.165) is 25.6 Å². The van der Waals surface area contributed by atoms with Crippen LogP contribution in [-0.4, -0.2) is 31.6 Å². The van der Waals surface area contributed by atoms with Gasteiger partial charge in [-0.15, -0.1) is 0 Å². The zero-order chi connectivity index (χ0) is 14.5. The number of benzene rings is 1. The Hall–Kier alpha value is -1.00. The summed E-state index contributed by atoms with van der Waals surface area (Å²) >= 11 is 0. The number of hydrogen-bond donors (Lipinski definition) is 1. The van der Waals surface area contributed by atoms with E-state index in [1.165, 1.54) is 25.3 Å². The minimum atomic E-state index is -0.771. The van der Waals surface area contributed by atoms with Gasteiger partial charge in [-0.3, -0.25) is 0 Å². The molecule has 0 saturated carbocycles. The molecule has 0 amide bonds. The number of rotatable bonds is 4. The van der Waals surface area contributed by atoms with Gasteiger partial charge in [0.2, 0.25) is 0 Å². The highest BCUT2D eigenvalue weighted by Crippen LogP contribution is 2.22. The molecule has 0 aromatic heterocycles. The number of hydrogen-bond acceptors (Lipinski definition) is 2. The van der Waals surface area contributed by atoms with Gasteiger partial charge >= 0.3 is 0 Å². The van der Waals surface area contributed by atoms with Crippen LogP contribution in [0.1, 0.15) is 37.8 Å². The lowest BCUT2D eigenvalue weighted by Gasteiger charge is -2.26. The molecule has 20 heavy (non-hydrogen) atoms. The van der Waals surface area contributed by atoms with Crippen LogP contribution in [0.15, 0.2) is 18.2 Å². The van der Waals surface area contributed by atoms with Crippen molar-refractivity contribution in [2.24, 2.45) is 5.92 Å². The fraction of sp³-hybridized carbons (Fsp3) is 0.625. The van der Waals surface area contributed by atoms with Gasteiger partial charge in [-0.1, -0.05) is 19.1 Å². The summed E-state index contributed by atoms with van der Waals surface area (Å²) in [6.07, 6.45) is 3.63. The molecule has 112 valence electrons. The number of nitrogens with one attached hydrogen (secondary N) is 1. The molecule has 2 rings (SSSR count). The van der Waals surface area contributed by atoms with Crippen molar-refractivity contribution in [3.63, 3.8) is 0 Å². The van der Waals surface area contributed by atoms with Crippen LogP contribution in [0.3, 0.4) is 0 Å². The van der Waals surface area contributed by atoms with Crippen molar-refractivity contribution in [2.45, 2.75) is 32.2 Å². The summed E-state index contributed by atoms with van der Waals surface area (Å²) in [7, 11) is 1.80. The molecule has 1 fully saturated rings. The van der Waals surface area contributed by atoms with Gasteiger partial charge in [0.25, 0.3) is 0 Å². The molecule has 1 aliphatic rings. The van der Waals surface area contributed by atoms with E-state index in [1.54, 1.807) is 19.2 Å². The van der Waals surface area contributed by atoms with Crippen molar-refractivity contribution in [1.82, 2.24) is 10.2 Å². The van der Waals surface area contributed by atoms with Gasteiger partial charge in [-0.05, 0) is 51.4 Å². The van der Waals surface area contributed by atoms with Crippen LogP contribution in [0.25, 0.3) is 0 Å². The summed E-state index contributed by atoms with van der Waals surface area (Å²) in [4.78, 5) is 2.36. The van der Waals surface area contributed by atoms with Gasteiger partial charge < -0.3 is 10.2 Å². The van der Waals surface area contributed by atoms with Crippen molar-refractivity contribution >= 4 is 0 Å². The third kappa shape index (κ3) is 3.76. The first-order valence-corrected chi connectivity index (χ1v) is 7.45. The molecule has 4 heteroatoms. The summed E-state index contributed by atoms with van der Waals surface area (Å²) in [5.41, 5.74) is 0.421. The minimum absolute atomic E-state index is 0.167. The molecule has 1 N–H and O–H groups in total. The molecule has 1 aromatic carbocycles. The van der Waals surface area contributed by atoms with E-state index in [2.05, 4.69) is 17.1 Å². The molecule has 0 aliphatic carbocycles. The highest BCUT2D eigenvalue weighted by molar-refractivity contribution is 5.22. The van der Waals surface area contributed by atoms with Crippen LogP contribution in [0, 0.1) is 17.6 Å². The summed E-state index contributed by atoms with van der Waals surface area (Å²) < 4.78 is 27.3. The monoisotopic (exact) mass is 282 g/mol. The molecule has 1 aliphatic heterocycles. The van der Waals surface area contributed by atoms with E-state index in [0.29, 0.717) is 5.56 Å². The molecular weight excluding hydrogens is 258 g/mol. The van der Waals surface area contributed by atoms with Crippen LogP contribution in [0.2, 0.25) is 0 Å². The van der Waals surface area contributed by atoms with Gasteiger partial charge in [-0.2, -0.15) is 0 Å². The predicted molar refractivity (Wildman–Crippen MR) is 77.6 cm³/mol. The largest absolute Gasteiger partial charge is 0.312 e. The first-order valence-electron chi connectivity index (χ1n) is 7.45. The highest BCUT2D eigenvalue weighted by Gasteiger charge is 2.21. The Morgan fingerprint density at radius 2 is 2.10 bits per heavy atom. The first-order chi connectivity index (χ1) is 9.61. The number of halogens is 2. The molecule has 1 heterocycles. The number of nitrogens with zero attached hydrogens (tertiary/aromatic N) is 1. The zero-order valence-electron chi connectivity index (χ0n) is 12.3. The summed E-state index contributed by atoms with van der Waals surface area (Å²) in [6.45, 7) is 5.09. The lowest BCUT2D eigenvalue weighted by molar-refractivity contribution is 0.250. The lowest BCUT2D eigenvalue weighted by atomic mass is 10.0. The lowest BCUT2D eigenvalue weighted by Crippen LogP contribution is -2.35. The van der Waals surface area contributed by atoms with Crippen LogP contribution in [0.4, 0.5) is 8.78 Å². The summed E-state index contributed by atoms with van der Waals surface area (Å²) in [5, 5.41) is 3.12. The van der Waals surface area contributed by atoms with Gasteiger partial charge in [0, 0.05) is 18.2 Å². The zero-order valence-corrected chi connectivity index (χ0v) is 12.3. The molecule has 2 atom stereocenters. The summed E-state index contributed by atoms with van der Waals surface area (Å²) in [6, 6.07) is 4.24. The van der Waals surface area contributed by atoms with E-state index < -0.39 is 11.6 Å². The quantitative estimate of drug-likeness (QED) is 0.911. The maximum absolute atomic E-state index is 13.9. The third-order valence-corrected chi connectivity index (χ3v) is 4.26. The van der Waals surface area contributed by atoms with Gasteiger partial charge in [0.05, 0.1) is 0 Å². The second-order valence-corrected chi connectivity index (χ2v) is 5.82. The first kappa shape index (κ1) is 15.4. The van der Waals surface area contributed by atoms with Crippen molar-refractivity contribution in [1.29, 1.82) is 0 Å². The molecule has 2 nitrogen and oxygen atoms in total. The van der Waals surface area contributed by atoms with E-state index in [9.17, 15) is 8.78 Å². The molecule has 2 unspecified atom stereocenters. The molecule has 1 saturated heterocycles. The van der Waals surface area contributed by atoms with Crippen molar-refractivity contribution in [3.05, 3.63) is 35.4 Å². The standard InChI is InChI=1S/C16H24F2N2/c1-12-5-4-9-20(10-8-12)11-15(19-2)13-6-3-7-14(17)16(13)18/h3,6-7,12,15,19H,4-5,8-11H2,1-2H3. The van der Waals surface area contributed by atoms with E-state index in [-0.39, 0.29) is 6.04 Å². The van der Waals surface area contributed by atoms with Gasteiger partial charge in [0.1, 0.15) is 0 Å². The number of likely N-dealkylation sites (tertiary alicyclic amines) is 1. The van der Waals surface area contributed by atoms with Crippen molar-refractivity contribution in [3.8, 4) is 0 Å². The average molecular weight is 282 g/mol. The fourth-order valence-corrected chi connectivity index (χ4v) is 2.90. The Kier molecular flexibility index (Phi) is 5.49. The molecule has 0 bridgehead atoms.